The third-order valence-corrected chi connectivity index (χ3v) is 3.43. The van der Waals surface area contributed by atoms with E-state index in [4.69, 9.17) is 16.3 Å². The Morgan fingerprint density at radius 3 is 2.70 bits per heavy atom. The average molecular weight is 359 g/mol. The molecule has 0 saturated carbocycles. The molecule has 104 valence electrons. The maximum absolute atomic E-state index is 13.1. The number of carbonyl (C=O) groups is 1. The Labute approximate surface area is 128 Å². The number of ether oxygens (including phenoxy) is 1. The number of nitrogens with one attached hydrogen (secondary N) is 1. The summed E-state index contributed by atoms with van der Waals surface area (Å²) in [5, 5.41) is 3.15. The number of hydrogen-bond acceptors (Lipinski definition) is 2. The van der Waals surface area contributed by atoms with Gasteiger partial charge in [0.15, 0.2) is 0 Å². The van der Waals surface area contributed by atoms with Gasteiger partial charge in [-0.25, -0.2) is 4.39 Å². The lowest BCUT2D eigenvalue weighted by molar-refractivity contribution is 0.102. The zero-order valence-corrected chi connectivity index (χ0v) is 12.8. The first-order valence-corrected chi connectivity index (χ1v) is 6.78. The van der Waals surface area contributed by atoms with Crippen LogP contribution in [0.4, 0.5) is 10.1 Å². The number of methoxy groups -OCH3 is 1. The Balaban J connectivity index is 2.27. The summed E-state index contributed by atoms with van der Waals surface area (Å²) in [6, 6.07) is 8.91. The van der Waals surface area contributed by atoms with Crippen LogP contribution >= 0.6 is 27.5 Å². The molecule has 0 aliphatic heterocycles. The highest BCUT2D eigenvalue weighted by Crippen LogP contribution is 2.28. The topological polar surface area (TPSA) is 38.3 Å². The monoisotopic (exact) mass is 357 g/mol. The van der Waals surface area contributed by atoms with Crippen molar-refractivity contribution in [2.45, 2.75) is 0 Å². The van der Waals surface area contributed by atoms with Crippen molar-refractivity contribution in [2.24, 2.45) is 0 Å². The lowest BCUT2D eigenvalue weighted by Gasteiger charge is -2.10. The molecule has 0 fully saturated rings. The van der Waals surface area contributed by atoms with E-state index in [1.54, 1.807) is 18.2 Å². The second-order valence-corrected chi connectivity index (χ2v) is 5.22. The smallest absolute Gasteiger partial charge is 0.255 e. The third-order valence-electron chi connectivity index (χ3n) is 2.59. The summed E-state index contributed by atoms with van der Waals surface area (Å²) in [6.45, 7) is 0. The SMILES string of the molecule is COc1ccc(Cl)cc1NC(=O)c1ccc(F)c(Br)c1. The number of carbonyl (C=O) groups excluding carboxylic acids is 1. The third kappa shape index (κ3) is 3.29. The molecule has 6 heteroatoms. The normalized spacial score (nSPS) is 10.2. The van der Waals surface area contributed by atoms with Crippen LogP contribution in [0.3, 0.4) is 0 Å². The summed E-state index contributed by atoms with van der Waals surface area (Å²) in [5.41, 5.74) is 0.769. The fraction of sp³-hybridized carbons (Fsp3) is 0.0714. The number of benzene rings is 2. The van der Waals surface area contributed by atoms with E-state index in [0.717, 1.165) is 0 Å². The molecule has 0 saturated heterocycles. The van der Waals surface area contributed by atoms with Crippen LogP contribution < -0.4 is 10.1 Å². The van der Waals surface area contributed by atoms with Crippen LogP contribution in [-0.4, -0.2) is 13.0 Å². The molecule has 0 aliphatic carbocycles. The summed E-state index contributed by atoms with van der Waals surface area (Å²) in [6.07, 6.45) is 0. The van der Waals surface area contributed by atoms with E-state index in [0.29, 0.717) is 22.0 Å². The highest BCUT2D eigenvalue weighted by Gasteiger charge is 2.12. The zero-order valence-electron chi connectivity index (χ0n) is 10.4. The predicted octanol–water partition coefficient (Wildman–Crippen LogP) is 4.50. The molecular formula is C14H10BrClFNO2. The number of hydrogen-bond donors (Lipinski definition) is 1. The fourth-order valence-corrected chi connectivity index (χ4v) is 2.16. The van der Waals surface area contributed by atoms with Crippen molar-refractivity contribution in [1.82, 2.24) is 0 Å². The summed E-state index contributed by atoms with van der Waals surface area (Å²) < 4.78 is 18.5. The fourth-order valence-electron chi connectivity index (χ4n) is 1.61. The van der Waals surface area contributed by atoms with Crippen LogP contribution in [-0.2, 0) is 0 Å². The lowest BCUT2D eigenvalue weighted by atomic mass is 10.2. The number of anilines is 1. The van der Waals surface area contributed by atoms with Gasteiger partial charge in [-0.05, 0) is 52.3 Å². The van der Waals surface area contributed by atoms with Crippen molar-refractivity contribution >= 4 is 39.1 Å². The standard InChI is InChI=1S/C14H10BrClFNO2/c1-20-13-5-3-9(16)7-12(13)18-14(19)8-2-4-11(17)10(15)6-8/h2-7H,1H3,(H,18,19). The van der Waals surface area contributed by atoms with Crippen LogP contribution in [0.15, 0.2) is 40.9 Å². The van der Waals surface area contributed by atoms with Crippen molar-refractivity contribution < 1.29 is 13.9 Å². The molecule has 2 aromatic carbocycles. The van der Waals surface area contributed by atoms with Crippen LogP contribution in [0.5, 0.6) is 5.75 Å². The second-order valence-electron chi connectivity index (χ2n) is 3.93. The lowest BCUT2D eigenvalue weighted by Crippen LogP contribution is -2.12. The van der Waals surface area contributed by atoms with Gasteiger partial charge >= 0.3 is 0 Å². The first-order chi connectivity index (χ1) is 9.51. The molecule has 0 atom stereocenters. The molecule has 0 bridgehead atoms. The van der Waals surface area contributed by atoms with Crippen LogP contribution in [0, 0.1) is 5.82 Å². The van der Waals surface area contributed by atoms with E-state index >= 15 is 0 Å². The molecule has 0 aromatic heterocycles. The van der Waals surface area contributed by atoms with Gasteiger partial charge < -0.3 is 10.1 Å². The maximum Gasteiger partial charge on any atom is 0.255 e. The van der Waals surface area contributed by atoms with Gasteiger partial charge in [0.1, 0.15) is 11.6 Å². The zero-order chi connectivity index (χ0) is 14.7. The summed E-state index contributed by atoms with van der Waals surface area (Å²) >= 11 is 8.92. The molecule has 0 spiro atoms. The van der Waals surface area contributed by atoms with Crippen molar-refractivity contribution in [1.29, 1.82) is 0 Å². The van der Waals surface area contributed by atoms with E-state index in [1.807, 2.05) is 0 Å². The van der Waals surface area contributed by atoms with Crippen molar-refractivity contribution in [3.8, 4) is 5.75 Å². The Hall–Kier alpha value is -1.59. The molecule has 0 radical (unpaired) electrons. The van der Waals surface area contributed by atoms with Gasteiger partial charge in [-0.1, -0.05) is 11.6 Å². The first-order valence-electron chi connectivity index (χ1n) is 5.61. The molecule has 0 heterocycles. The minimum Gasteiger partial charge on any atom is -0.495 e. The summed E-state index contributed by atoms with van der Waals surface area (Å²) in [4.78, 5) is 12.1. The van der Waals surface area contributed by atoms with Crippen LogP contribution in [0.2, 0.25) is 5.02 Å². The maximum atomic E-state index is 13.1. The highest BCUT2D eigenvalue weighted by atomic mass is 79.9. The highest BCUT2D eigenvalue weighted by molar-refractivity contribution is 9.10. The minimum absolute atomic E-state index is 0.225. The molecule has 0 unspecified atom stereocenters. The molecule has 20 heavy (non-hydrogen) atoms. The quantitative estimate of drug-likeness (QED) is 0.877. The average Bonchev–Trinajstić information content (AvgIpc) is 2.42. The van der Waals surface area contributed by atoms with Gasteiger partial charge in [0, 0.05) is 10.6 Å². The molecule has 2 rings (SSSR count). The Morgan fingerprint density at radius 1 is 1.30 bits per heavy atom. The second kappa shape index (κ2) is 6.24. The van der Waals surface area contributed by atoms with Crippen molar-refractivity contribution in [3.05, 3.63) is 57.3 Å². The van der Waals surface area contributed by atoms with Gasteiger partial charge in [-0.3, -0.25) is 4.79 Å². The predicted molar refractivity (Wildman–Crippen MR) is 80.1 cm³/mol. The Morgan fingerprint density at radius 2 is 2.05 bits per heavy atom. The number of rotatable bonds is 3. The molecule has 1 amide bonds. The Kier molecular flexibility index (Phi) is 4.62. The minimum atomic E-state index is -0.429. The molecule has 0 aliphatic rings. The van der Waals surface area contributed by atoms with E-state index < -0.39 is 5.82 Å². The van der Waals surface area contributed by atoms with Crippen LogP contribution in [0.25, 0.3) is 0 Å². The molecule has 1 N–H and O–H groups in total. The van der Waals surface area contributed by atoms with E-state index in [9.17, 15) is 9.18 Å². The largest absolute Gasteiger partial charge is 0.495 e. The number of amides is 1. The van der Waals surface area contributed by atoms with E-state index in [2.05, 4.69) is 21.2 Å². The Bertz CT molecular complexity index is 664. The molecule has 3 nitrogen and oxygen atoms in total. The van der Waals surface area contributed by atoms with Gasteiger partial charge in [0.25, 0.3) is 5.91 Å². The van der Waals surface area contributed by atoms with Gasteiger partial charge in [0.05, 0.1) is 17.3 Å². The van der Waals surface area contributed by atoms with E-state index in [1.165, 1.54) is 25.3 Å². The van der Waals surface area contributed by atoms with Crippen molar-refractivity contribution in [3.63, 3.8) is 0 Å². The molecular weight excluding hydrogens is 349 g/mol. The number of halogens is 3. The van der Waals surface area contributed by atoms with E-state index in [-0.39, 0.29) is 10.4 Å². The molecule has 2 aromatic rings. The van der Waals surface area contributed by atoms with Gasteiger partial charge in [0.2, 0.25) is 0 Å². The van der Waals surface area contributed by atoms with Crippen LogP contribution in [0.1, 0.15) is 10.4 Å². The van der Waals surface area contributed by atoms with Crippen molar-refractivity contribution in [2.75, 3.05) is 12.4 Å². The first kappa shape index (κ1) is 14.8. The van der Waals surface area contributed by atoms with Gasteiger partial charge in [-0.2, -0.15) is 0 Å². The summed E-state index contributed by atoms with van der Waals surface area (Å²) in [7, 11) is 1.49. The summed E-state index contributed by atoms with van der Waals surface area (Å²) in [5.74, 6) is -0.322. The van der Waals surface area contributed by atoms with Gasteiger partial charge in [-0.15, -0.1) is 0 Å².